The molecule has 0 radical (unpaired) electrons. The van der Waals surface area contributed by atoms with Crippen LogP contribution in [0, 0.1) is 34.9 Å². The molecule has 0 heterocycles. The summed E-state index contributed by atoms with van der Waals surface area (Å²) in [6, 6.07) is 5.30. The third-order valence-electron chi connectivity index (χ3n) is 3.30. The fraction of sp³-hybridized carbons (Fsp3) is 0.200. The van der Waals surface area contributed by atoms with Crippen LogP contribution >= 0.6 is 0 Å². The molecular weight excluding hydrogens is 338 g/mol. The Balaban J connectivity index is 2.36. The van der Waals surface area contributed by atoms with Gasteiger partial charge in [-0.2, -0.15) is 0 Å². The molecule has 2 aromatic rings. The van der Waals surface area contributed by atoms with Crippen molar-refractivity contribution < 1.29 is 30.8 Å². The molecule has 23 heavy (non-hydrogen) atoms. The van der Waals surface area contributed by atoms with Gasteiger partial charge >= 0.3 is 0 Å². The standard InChI is InChI=1S/C15H12F6OSi/c1-23(2,22-7-8-4-3-5-9(16)6-8)15-13(20)11(18)10(17)12(19)14(15)21/h3-6H,7H2,1-2H3. The molecule has 0 N–H and O–H groups in total. The maximum Gasteiger partial charge on any atom is 0.225 e. The predicted octanol–water partition coefficient (Wildman–Crippen LogP) is 4.15. The van der Waals surface area contributed by atoms with Gasteiger partial charge in [-0.1, -0.05) is 12.1 Å². The van der Waals surface area contributed by atoms with Gasteiger partial charge in [-0.05, 0) is 30.8 Å². The van der Waals surface area contributed by atoms with Crippen LogP contribution in [0.15, 0.2) is 24.3 Å². The van der Waals surface area contributed by atoms with Crippen molar-refractivity contribution in [1.82, 2.24) is 0 Å². The van der Waals surface area contributed by atoms with E-state index in [4.69, 9.17) is 4.43 Å². The lowest BCUT2D eigenvalue weighted by atomic mass is 10.2. The van der Waals surface area contributed by atoms with E-state index in [2.05, 4.69) is 0 Å². The first-order valence-electron chi connectivity index (χ1n) is 6.55. The van der Waals surface area contributed by atoms with Crippen LogP contribution in [0.4, 0.5) is 26.3 Å². The van der Waals surface area contributed by atoms with Crippen molar-refractivity contribution in [3.8, 4) is 0 Å². The molecule has 0 saturated heterocycles. The van der Waals surface area contributed by atoms with Crippen molar-refractivity contribution in [3.05, 3.63) is 64.7 Å². The van der Waals surface area contributed by atoms with E-state index in [9.17, 15) is 26.3 Å². The molecule has 1 nitrogen and oxygen atoms in total. The van der Waals surface area contributed by atoms with Gasteiger partial charge in [-0.15, -0.1) is 0 Å². The maximum atomic E-state index is 13.9. The summed E-state index contributed by atoms with van der Waals surface area (Å²) in [6.45, 7) is 2.38. The van der Waals surface area contributed by atoms with Crippen molar-refractivity contribution >= 4 is 13.5 Å². The van der Waals surface area contributed by atoms with Gasteiger partial charge in [0.25, 0.3) is 0 Å². The lowest BCUT2D eigenvalue weighted by Gasteiger charge is -2.25. The molecule has 2 aromatic carbocycles. The van der Waals surface area contributed by atoms with Crippen molar-refractivity contribution in [3.63, 3.8) is 0 Å². The van der Waals surface area contributed by atoms with Crippen molar-refractivity contribution in [2.75, 3.05) is 0 Å². The van der Waals surface area contributed by atoms with Gasteiger partial charge in [0.2, 0.25) is 14.1 Å². The minimum atomic E-state index is -3.47. The van der Waals surface area contributed by atoms with Crippen molar-refractivity contribution in [1.29, 1.82) is 0 Å². The topological polar surface area (TPSA) is 9.23 Å². The van der Waals surface area contributed by atoms with Crippen molar-refractivity contribution in [2.45, 2.75) is 19.7 Å². The summed E-state index contributed by atoms with van der Waals surface area (Å²) < 4.78 is 85.9. The second kappa shape index (κ2) is 6.36. The highest BCUT2D eigenvalue weighted by Crippen LogP contribution is 2.21. The van der Waals surface area contributed by atoms with Crippen LogP contribution in [0.1, 0.15) is 5.56 Å². The Kier molecular flexibility index (Phi) is 4.86. The molecule has 2 rings (SSSR count). The summed E-state index contributed by atoms with van der Waals surface area (Å²) in [7, 11) is -3.47. The number of halogens is 6. The van der Waals surface area contributed by atoms with Gasteiger partial charge in [0.05, 0.1) is 6.61 Å². The summed E-state index contributed by atoms with van der Waals surface area (Å²) >= 11 is 0. The smallest absolute Gasteiger partial charge is 0.225 e. The average molecular weight is 350 g/mol. The molecule has 0 amide bonds. The Morgan fingerprint density at radius 2 is 1.35 bits per heavy atom. The fourth-order valence-electron chi connectivity index (χ4n) is 2.10. The molecule has 0 aliphatic rings. The second-order valence-electron chi connectivity index (χ2n) is 5.37. The SMILES string of the molecule is C[Si](C)(OCc1cccc(F)c1)c1c(F)c(F)c(F)c(F)c1F. The van der Waals surface area contributed by atoms with E-state index in [1.54, 1.807) is 0 Å². The first-order valence-corrected chi connectivity index (χ1v) is 9.46. The minimum absolute atomic E-state index is 0.212. The van der Waals surface area contributed by atoms with Crippen molar-refractivity contribution in [2.24, 2.45) is 0 Å². The van der Waals surface area contributed by atoms with E-state index in [-0.39, 0.29) is 6.61 Å². The molecule has 124 valence electrons. The monoisotopic (exact) mass is 350 g/mol. The zero-order valence-corrected chi connectivity index (χ0v) is 13.2. The molecular formula is C15H12F6OSi. The zero-order valence-electron chi connectivity index (χ0n) is 12.2. The maximum absolute atomic E-state index is 13.9. The van der Waals surface area contributed by atoms with Gasteiger partial charge in [0.1, 0.15) is 5.82 Å². The number of hydrogen-bond donors (Lipinski definition) is 0. The van der Waals surface area contributed by atoms with Crippen LogP contribution in [0.25, 0.3) is 0 Å². The summed E-state index contributed by atoms with van der Waals surface area (Å²) in [5.74, 6) is -10.5. The Labute approximate surface area is 129 Å². The molecule has 0 bridgehead atoms. The van der Waals surface area contributed by atoms with Crippen LogP contribution in [0.3, 0.4) is 0 Å². The quantitative estimate of drug-likeness (QED) is 0.348. The molecule has 0 unspecified atom stereocenters. The normalized spacial score (nSPS) is 11.8. The number of benzene rings is 2. The van der Waals surface area contributed by atoms with Crippen LogP contribution in [0.5, 0.6) is 0 Å². The highest BCUT2D eigenvalue weighted by molar-refractivity contribution is 6.84. The van der Waals surface area contributed by atoms with Crippen LogP contribution in [-0.4, -0.2) is 8.32 Å². The van der Waals surface area contributed by atoms with Crippen LogP contribution < -0.4 is 5.19 Å². The third kappa shape index (κ3) is 3.42. The lowest BCUT2D eigenvalue weighted by molar-refractivity contribution is 0.299. The fourth-order valence-corrected chi connectivity index (χ4v) is 4.04. The molecule has 0 aromatic heterocycles. The third-order valence-corrected chi connectivity index (χ3v) is 5.81. The van der Waals surface area contributed by atoms with E-state index in [0.29, 0.717) is 5.56 Å². The average Bonchev–Trinajstić information content (AvgIpc) is 2.49. The first-order chi connectivity index (χ1) is 10.6. The Hall–Kier alpha value is -1.80. The van der Waals surface area contributed by atoms with Crippen LogP contribution in [-0.2, 0) is 11.0 Å². The molecule has 8 heteroatoms. The van der Waals surface area contributed by atoms with Crippen LogP contribution in [0.2, 0.25) is 13.1 Å². The predicted molar refractivity (Wildman–Crippen MR) is 74.5 cm³/mol. The first kappa shape index (κ1) is 17.5. The molecule has 0 atom stereocenters. The second-order valence-corrected chi connectivity index (χ2v) is 9.18. The Bertz CT molecular complexity index is 718. The Morgan fingerprint density at radius 1 is 0.826 bits per heavy atom. The van der Waals surface area contributed by atoms with E-state index >= 15 is 0 Å². The molecule has 0 aliphatic heterocycles. The number of rotatable bonds is 4. The summed E-state index contributed by atoms with van der Waals surface area (Å²) in [4.78, 5) is 0. The largest absolute Gasteiger partial charge is 0.408 e. The molecule has 0 saturated carbocycles. The van der Waals surface area contributed by atoms with E-state index < -0.39 is 48.4 Å². The van der Waals surface area contributed by atoms with Gasteiger partial charge < -0.3 is 4.43 Å². The van der Waals surface area contributed by atoms with Gasteiger partial charge in [-0.25, -0.2) is 26.3 Å². The van der Waals surface area contributed by atoms with Gasteiger partial charge in [0.15, 0.2) is 23.3 Å². The summed E-state index contributed by atoms with van der Waals surface area (Å²) in [5.41, 5.74) is 0.384. The lowest BCUT2D eigenvalue weighted by Crippen LogP contribution is -2.49. The summed E-state index contributed by atoms with van der Waals surface area (Å²) in [6.07, 6.45) is 0. The molecule has 0 fully saturated rings. The zero-order chi connectivity index (χ0) is 17.4. The van der Waals surface area contributed by atoms with E-state index in [0.717, 1.165) is 6.07 Å². The van der Waals surface area contributed by atoms with Gasteiger partial charge in [-0.3, -0.25) is 0 Å². The van der Waals surface area contributed by atoms with E-state index in [1.807, 2.05) is 0 Å². The highest BCUT2D eigenvalue weighted by atomic mass is 28.4. The Morgan fingerprint density at radius 3 is 1.87 bits per heavy atom. The van der Waals surface area contributed by atoms with E-state index in [1.165, 1.54) is 31.3 Å². The van der Waals surface area contributed by atoms with Gasteiger partial charge in [0, 0.05) is 5.19 Å². The molecule has 0 spiro atoms. The molecule has 0 aliphatic carbocycles. The highest BCUT2D eigenvalue weighted by Gasteiger charge is 2.38. The number of hydrogen-bond acceptors (Lipinski definition) is 1. The minimum Gasteiger partial charge on any atom is -0.408 e. The summed E-state index contributed by atoms with van der Waals surface area (Å²) in [5, 5.41) is -0.940.